The number of aryl methyl sites for hydroxylation is 1. The molecule has 0 aromatic carbocycles. The molecule has 104 valence electrons. The van der Waals surface area contributed by atoms with Crippen LogP contribution in [-0.4, -0.2) is 43.3 Å². The molecule has 1 aliphatic rings. The standard InChI is InChI=1S/C12H18N4O2S/c1-8-3-4-15-12(10(8)11(13)14)16-5-6-19(17,18)7-9(16)2/h3-4,9H,5-7H2,1-2H3,(H3,13,14). The summed E-state index contributed by atoms with van der Waals surface area (Å²) in [6.07, 6.45) is 1.66. The molecule has 3 N–H and O–H groups in total. The molecule has 6 nitrogen and oxygen atoms in total. The molecule has 2 rings (SSSR count). The molecule has 1 fully saturated rings. The maximum atomic E-state index is 11.6. The van der Waals surface area contributed by atoms with Crippen LogP contribution in [0.4, 0.5) is 5.82 Å². The van der Waals surface area contributed by atoms with Gasteiger partial charge in [-0.15, -0.1) is 0 Å². The fraction of sp³-hybridized carbons (Fsp3) is 0.500. The lowest BCUT2D eigenvalue weighted by molar-refractivity contribution is 0.566. The molecule has 1 atom stereocenters. The summed E-state index contributed by atoms with van der Waals surface area (Å²) in [7, 11) is -2.97. The van der Waals surface area contributed by atoms with E-state index in [1.807, 2.05) is 18.7 Å². The van der Waals surface area contributed by atoms with Crippen LogP contribution in [0.1, 0.15) is 18.1 Å². The van der Waals surface area contributed by atoms with Crippen molar-refractivity contribution in [3.8, 4) is 0 Å². The Hall–Kier alpha value is -1.63. The number of amidine groups is 1. The van der Waals surface area contributed by atoms with E-state index in [9.17, 15) is 8.42 Å². The van der Waals surface area contributed by atoms with Gasteiger partial charge in [-0.2, -0.15) is 0 Å². The van der Waals surface area contributed by atoms with Gasteiger partial charge in [0.2, 0.25) is 0 Å². The molecule has 1 aromatic heterocycles. The number of rotatable bonds is 2. The summed E-state index contributed by atoms with van der Waals surface area (Å²) >= 11 is 0. The SMILES string of the molecule is Cc1ccnc(N2CCS(=O)(=O)CC2C)c1C(=N)N. The molecule has 0 spiro atoms. The van der Waals surface area contributed by atoms with Crippen LogP contribution < -0.4 is 10.6 Å². The predicted molar refractivity (Wildman–Crippen MR) is 75.5 cm³/mol. The van der Waals surface area contributed by atoms with Crippen molar-refractivity contribution in [2.75, 3.05) is 23.0 Å². The highest BCUT2D eigenvalue weighted by atomic mass is 32.2. The highest BCUT2D eigenvalue weighted by Crippen LogP contribution is 2.25. The van der Waals surface area contributed by atoms with Crippen LogP contribution in [0.2, 0.25) is 0 Å². The fourth-order valence-electron chi connectivity index (χ4n) is 2.41. The number of nitrogens with one attached hydrogen (secondary N) is 1. The quantitative estimate of drug-likeness (QED) is 0.600. The zero-order valence-corrected chi connectivity index (χ0v) is 11.9. The van der Waals surface area contributed by atoms with E-state index in [-0.39, 0.29) is 23.4 Å². The Labute approximate surface area is 113 Å². The van der Waals surface area contributed by atoms with Gasteiger partial charge in [0.1, 0.15) is 11.7 Å². The first-order chi connectivity index (χ1) is 8.82. The fourth-order valence-corrected chi connectivity index (χ4v) is 3.96. The third-order valence-corrected chi connectivity index (χ3v) is 5.15. The van der Waals surface area contributed by atoms with E-state index in [1.54, 1.807) is 12.3 Å². The first-order valence-corrected chi connectivity index (χ1v) is 7.91. The van der Waals surface area contributed by atoms with Crippen LogP contribution in [0.3, 0.4) is 0 Å². The summed E-state index contributed by atoms with van der Waals surface area (Å²) in [5.74, 6) is 0.792. The van der Waals surface area contributed by atoms with Crippen LogP contribution in [0, 0.1) is 12.3 Å². The highest BCUT2D eigenvalue weighted by Gasteiger charge is 2.30. The Bertz CT molecular complexity index is 612. The Kier molecular flexibility index (Phi) is 3.49. The number of nitrogens with zero attached hydrogens (tertiary/aromatic N) is 2. The summed E-state index contributed by atoms with van der Waals surface area (Å²) in [4.78, 5) is 6.21. The second-order valence-corrected chi connectivity index (χ2v) is 7.13. The van der Waals surface area contributed by atoms with Crippen molar-refractivity contribution in [3.05, 3.63) is 23.4 Å². The number of aromatic nitrogens is 1. The summed E-state index contributed by atoms with van der Waals surface area (Å²) in [6, 6.07) is 1.64. The molecule has 2 heterocycles. The minimum atomic E-state index is -2.97. The number of hydrogen-bond donors (Lipinski definition) is 2. The molecule has 1 saturated heterocycles. The molecule has 0 radical (unpaired) electrons. The zero-order valence-electron chi connectivity index (χ0n) is 11.0. The van der Waals surface area contributed by atoms with Gasteiger partial charge in [-0.3, -0.25) is 5.41 Å². The van der Waals surface area contributed by atoms with E-state index in [0.29, 0.717) is 17.9 Å². The normalized spacial score (nSPS) is 22.2. The monoisotopic (exact) mass is 282 g/mol. The molecule has 1 aliphatic heterocycles. The molecule has 0 saturated carbocycles. The van der Waals surface area contributed by atoms with Gasteiger partial charge in [0.15, 0.2) is 9.84 Å². The van der Waals surface area contributed by atoms with Crippen molar-refractivity contribution in [3.63, 3.8) is 0 Å². The second-order valence-electron chi connectivity index (χ2n) is 4.90. The van der Waals surface area contributed by atoms with Crippen molar-refractivity contribution >= 4 is 21.5 Å². The van der Waals surface area contributed by atoms with Crippen molar-refractivity contribution < 1.29 is 8.42 Å². The third kappa shape index (κ3) is 2.70. The van der Waals surface area contributed by atoms with E-state index in [2.05, 4.69) is 4.98 Å². The van der Waals surface area contributed by atoms with E-state index < -0.39 is 9.84 Å². The highest BCUT2D eigenvalue weighted by molar-refractivity contribution is 7.91. The summed E-state index contributed by atoms with van der Waals surface area (Å²) in [5.41, 5.74) is 7.08. The van der Waals surface area contributed by atoms with E-state index >= 15 is 0 Å². The largest absolute Gasteiger partial charge is 0.384 e. The van der Waals surface area contributed by atoms with Gasteiger partial charge >= 0.3 is 0 Å². The first-order valence-electron chi connectivity index (χ1n) is 6.09. The van der Waals surface area contributed by atoms with Gasteiger partial charge < -0.3 is 10.6 Å². The molecule has 19 heavy (non-hydrogen) atoms. The van der Waals surface area contributed by atoms with Crippen LogP contribution in [-0.2, 0) is 9.84 Å². The Balaban J connectivity index is 2.43. The molecule has 7 heteroatoms. The molecule has 1 unspecified atom stereocenters. The smallest absolute Gasteiger partial charge is 0.154 e. The maximum Gasteiger partial charge on any atom is 0.154 e. The van der Waals surface area contributed by atoms with Crippen LogP contribution in [0.25, 0.3) is 0 Å². The molecule has 0 aliphatic carbocycles. The molecule has 0 amide bonds. The average Bonchev–Trinajstić information content (AvgIpc) is 2.26. The van der Waals surface area contributed by atoms with E-state index in [0.717, 1.165) is 5.56 Å². The lowest BCUT2D eigenvalue weighted by Gasteiger charge is -2.35. The zero-order chi connectivity index (χ0) is 14.2. The lowest BCUT2D eigenvalue weighted by atomic mass is 10.1. The van der Waals surface area contributed by atoms with E-state index in [1.165, 1.54) is 0 Å². The van der Waals surface area contributed by atoms with Gasteiger partial charge in [-0.05, 0) is 25.5 Å². The van der Waals surface area contributed by atoms with Crippen LogP contribution in [0.15, 0.2) is 12.3 Å². The lowest BCUT2D eigenvalue weighted by Crippen LogP contribution is -2.48. The Morgan fingerprint density at radius 2 is 2.26 bits per heavy atom. The molecule has 0 bridgehead atoms. The second kappa shape index (κ2) is 4.80. The summed E-state index contributed by atoms with van der Waals surface area (Å²) < 4.78 is 23.2. The van der Waals surface area contributed by atoms with Gasteiger partial charge in [0, 0.05) is 18.8 Å². The third-order valence-electron chi connectivity index (χ3n) is 3.35. The minimum Gasteiger partial charge on any atom is -0.384 e. The number of hydrogen-bond acceptors (Lipinski definition) is 5. The van der Waals surface area contributed by atoms with E-state index in [4.69, 9.17) is 11.1 Å². The molecule has 1 aromatic rings. The predicted octanol–water partition coefficient (Wildman–Crippen LogP) is 0.297. The Morgan fingerprint density at radius 1 is 1.58 bits per heavy atom. The number of anilines is 1. The summed E-state index contributed by atoms with van der Waals surface area (Å²) in [5, 5.41) is 7.67. The average molecular weight is 282 g/mol. The van der Waals surface area contributed by atoms with Gasteiger partial charge in [0.05, 0.1) is 17.1 Å². The van der Waals surface area contributed by atoms with Crippen LogP contribution >= 0.6 is 0 Å². The number of pyridine rings is 1. The van der Waals surface area contributed by atoms with Crippen molar-refractivity contribution in [1.82, 2.24) is 4.98 Å². The van der Waals surface area contributed by atoms with Gasteiger partial charge in [0.25, 0.3) is 0 Å². The van der Waals surface area contributed by atoms with Crippen molar-refractivity contribution in [2.45, 2.75) is 19.9 Å². The van der Waals surface area contributed by atoms with Gasteiger partial charge in [-0.25, -0.2) is 13.4 Å². The minimum absolute atomic E-state index is 0.0405. The Morgan fingerprint density at radius 3 is 2.84 bits per heavy atom. The topological polar surface area (TPSA) is 100 Å². The number of nitrogen functional groups attached to an aromatic ring is 1. The molecular formula is C12H18N4O2S. The van der Waals surface area contributed by atoms with Crippen molar-refractivity contribution in [1.29, 1.82) is 5.41 Å². The van der Waals surface area contributed by atoms with Crippen LogP contribution in [0.5, 0.6) is 0 Å². The summed E-state index contributed by atoms with van der Waals surface area (Å²) in [6.45, 7) is 4.11. The van der Waals surface area contributed by atoms with Gasteiger partial charge in [-0.1, -0.05) is 0 Å². The maximum absolute atomic E-state index is 11.6. The van der Waals surface area contributed by atoms with Crippen molar-refractivity contribution in [2.24, 2.45) is 5.73 Å². The first kappa shape index (κ1) is 13.8. The number of nitrogens with two attached hydrogens (primary N) is 1. The molecular weight excluding hydrogens is 264 g/mol. The number of sulfone groups is 1.